The molecule has 0 aliphatic rings. The van der Waals surface area contributed by atoms with Crippen LogP contribution in [0.4, 0.5) is 0 Å². The number of sulfonamides is 1. The summed E-state index contributed by atoms with van der Waals surface area (Å²) in [6.07, 6.45) is 0.801. The maximum Gasteiger partial charge on any atom is 0.262 e. The summed E-state index contributed by atoms with van der Waals surface area (Å²) in [5, 5.41) is 6.63. The molecular weight excluding hydrogens is 286 g/mol. The van der Waals surface area contributed by atoms with Crippen LogP contribution in [-0.4, -0.2) is 36.0 Å². The van der Waals surface area contributed by atoms with Crippen molar-refractivity contribution in [3.8, 4) is 0 Å². The highest BCUT2D eigenvalue weighted by Crippen LogP contribution is 2.24. The normalized spacial score (nSPS) is 14.3. The number of hydrogen-bond donors (Lipinski definition) is 1. The molecule has 0 saturated heterocycles. The van der Waals surface area contributed by atoms with Crippen LogP contribution in [0.1, 0.15) is 38.4 Å². The van der Waals surface area contributed by atoms with Crippen LogP contribution in [0.25, 0.3) is 0 Å². The zero-order valence-corrected chi connectivity index (χ0v) is 13.6. The van der Waals surface area contributed by atoms with Crippen LogP contribution in [0.3, 0.4) is 0 Å². The predicted molar refractivity (Wildman–Crippen MR) is 76.7 cm³/mol. The molecule has 1 atom stereocenters. The fourth-order valence-corrected chi connectivity index (χ4v) is 3.94. The Hall–Kier alpha value is -0.590. The molecule has 0 bridgehead atoms. The number of hydrogen-bond acceptors (Lipinski definition) is 3. The predicted octanol–water partition coefficient (Wildman–Crippen LogP) is 2.51. The minimum absolute atomic E-state index is 0.0399. The Labute approximate surface area is 120 Å². The van der Waals surface area contributed by atoms with E-state index in [1.54, 1.807) is 14.0 Å². The number of nitrogens with zero attached hydrogens (tertiary/aromatic N) is 2. The van der Waals surface area contributed by atoms with Crippen LogP contribution in [0.2, 0.25) is 0 Å². The van der Waals surface area contributed by atoms with Gasteiger partial charge in [-0.3, -0.25) is 5.10 Å². The molecule has 0 amide bonds. The van der Waals surface area contributed by atoms with Gasteiger partial charge in [0.2, 0.25) is 0 Å². The van der Waals surface area contributed by atoms with Crippen LogP contribution in [0.5, 0.6) is 0 Å². The Kier molecular flexibility index (Phi) is 5.41. The largest absolute Gasteiger partial charge is 0.281 e. The first-order valence-corrected chi connectivity index (χ1v) is 8.27. The standard InChI is InChI=1S/C12H22ClN3O2S/c1-8(2)6-9(3)16(5)19(17,18)12-11(7-13)10(4)14-15-12/h8-9H,6-7H2,1-5H3,(H,14,15). The fraction of sp³-hybridized carbons (Fsp3) is 0.750. The van der Waals surface area contributed by atoms with Crippen LogP contribution in [0.15, 0.2) is 5.03 Å². The maximum atomic E-state index is 12.5. The van der Waals surface area contributed by atoms with E-state index in [2.05, 4.69) is 24.0 Å². The molecule has 1 heterocycles. The van der Waals surface area contributed by atoms with Crippen molar-refractivity contribution in [1.29, 1.82) is 0 Å². The summed E-state index contributed by atoms with van der Waals surface area (Å²) in [6.45, 7) is 7.80. The van der Waals surface area contributed by atoms with E-state index in [-0.39, 0.29) is 16.9 Å². The van der Waals surface area contributed by atoms with E-state index < -0.39 is 10.0 Å². The summed E-state index contributed by atoms with van der Waals surface area (Å²) in [5.41, 5.74) is 1.24. The van der Waals surface area contributed by atoms with Crippen LogP contribution in [-0.2, 0) is 15.9 Å². The topological polar surface area (TPSA) is 66.1 Å². The molecule has 0 aromatic carbocycles. The van der Waals surface area contributed by atoms with E-state index in [1.807, 2.05) is 6.92 Å². The Balaban J connectivity index is 3.09. The molecule has 0 fully saturated rings. The lowest BCUT2D eigenvalue weighted by Gasteiger charge is -2.25. The first-order valence-electron chi connectivity index (χ1n) is 6.29. The second kappa shape index (κ2) is 6.24. The van der Waals surface area contributed by atoms with Gasteiger partial charge in [0.15, 0.2) is 5.03 Å². The minimum Gasteiger partial charge on any atom is -0.281 e. The average molecular weight is 308 g/mol. The second-order valence-electron chi connectivity index (χ2n) is 5.27. The van der Waals surface area contributed by atoms with Crippen molar-refractivity contribution in [3.05, 3.63) is 11.3 Å². The van der Waals surface area contributed by atoms with Gasteiger partial charge in [-0.15, -0.1) is 11.6 Å². The average Bonchev–Trinajstić information content (AvgIpc) is 2.68. The van der Waals surface area contributed by atoms with Gasteiger partial charge in [0.1, 0.15) is 0 Å². The van der Waals surface area contributed by atoms with Crippen molar-refractivity contribution >= 4 is 21.6 Å². The number of halogens is 1. The first kappa shape index (κ1) is 16.5. The molecule has 1 unspecified atom stereocenters. The van der Waals surface area contributed by atoms with E-state index in [9.17, 15) is 8.42 Å². The summed E-state index contributed by atoms with van der Waals surface area (Å²) in [4.78, 5) is 0. The maximum absolute atomic E-state index is 12.5. The third kappa shape index (κ3) is 3.49. The molecule has 110 valence electrons. The van der Waals surface area contributed by atoms with Gasteiger partial charge in [-0.2, -0.15) is 9.40 Å². The number of alkyl halides is 1. The van der Waals surface area contributed by atoms with E-state index in [1.165, 1.54) is 4.31 Å². The van der Waals surface area contributed by atoms with Crippen molar-refractivity contribution in [1.82, 2.24) is 14.5 Å². The highest BCUT2D eigenvalue weighted by molar-refractivity contribution is 7.89. The lowest BCUT2D eigenvalue weighted by molar-refractivity contribution is 0.336. The van der Waals surface area contributed by atoms with Crippen LogP contribution in [0, 0.1) is 12.8 Å². The lowest BCUT2D eigenvalue weighted by Crippen LogP contribution is -2.36. The van der Waals surface area contributed by atoms with E-state index in [0.717, 1.165) is 6.42 Å². The number of aryl methyl sites for hydroxylation is 1. The molecule has 0 saturated carbocycles. The SMILES string of the molecule is Cc1[nH]nc(S(=O)(=O)N(C)C(C)CC(C)C)c1CCl. The minimum atomic E-state index is -3.60. The Morgan fingerprint density at radius 2 is 1.95 bits per heavy atom. The number of aromatic amines is 1. The second-order valence-corrected chi connectivity index (χ2v) is 7.45. The molecule has 0 spiro atoms. The summed E-state index contributed by atoms with van der Waals surface area (Å²) < 4.78 is 26.4. The molecule has 0 aliphatic heterocycles. The lowest BCUT2D eigenvalue weighted by atomic mass is 10.1. The van der Waals surface area contributed by atoms with E-state index in [0.29, 0.717) is 17.2 Å². The molecule has 0 radical (unpaired) electrons. The van der Waals surface area contributed by atoms with Crippen LogP contribution < -0.4 is 0 Å². The van der Waals surface area contributed by atoms with Crippen molar-refractivity contribution in [2.75, 3.05) is 7.05 Å². The van der Waals surface area contributed by atoms with Gasteiger partial charge in [-0.25, -0.2) is 8.42 Å². The molecular formula is C12H22ClN3O2S. The van der Waals surface area contributed by atoms with Gasteiger partial charge in [-0.05, 0) is 26.2 Å². The smallest absolute Gasteiger partial charge is 0.262 e. The summed E-state index contributed by atoms with van der Waals surface area (Å²) >= 11 is 5.81. The molecule has 5 nitrogen and oxygen atoms in total. The monoisotopic (exact) mass is 307 g/mol. The summed E-state index contributed by atoms with van der Waals surface area (Å²) in [7, 11) is -2.01. The third-order valence-corrected chi connectivity index (χ3v) is 5.44. The highest BCUT2D eigenvalue weighted by Gasteiger charge is 2.30. The van der Waals surface area contributed by atoms with Crippen molar-refractivity contribution in [2.45, 2.75) is 51.1 Å². The van der Waals surface area contributed by atoms with Crippen molar-refractivity contribution < 1.29 is 8.42 Å². The molecule has 1 aromatic heterocycles. The van der Waals surface area contributed by atoms with E-state index >= 15 is 0 Å². The summed E-state index contributed by atoms with van der Waals surface area (Å²) in [6, 6.07) is -0.0785. The Morgan fingerprint density at radius 1 is 1.37 bits per heavy atom. The van der Waals surface area contributed by atoms with Crippen molar-refractivity contribution in [2.24, 2.45) is 5.92 Å². The molecule has 0 aliphatic carbocycles. The zero-order valence-electron chi connectivity index (χ0n) is 12.1. The van der Waals surface area contributed by atoms with Crippen molar-refractivity contribution in [3.63, 3.8) is 0 Å². The zero-order chi connectivity index (χ0) is 14.8. The van der Waals surface area contributed by atoms with Gasteiger partial charge in [0, 0.05) is 24.3 Å². The highest BCUT2D eigenvalue weighted by atomic mass is 35.5. The van der Waals surface area contributed by atoms with Gasteiger partial charge in [0.25, 0.3) is 10.0 Å². The Bertz CT molecular complexity index is 525. The van der Waals surface area contributed by atoms with Gasteiger partial charge in [0.05, 0.1) is 5.88 Å². The Morgan fingerprint density at radius 3 is 2.42 bits per heavy atom. The van der Waals surface area contributed by atoms with Crippen LogP contribution >= 0.6 is 11.6 Å². The third-order valence-electron chi connectivity index (χ3n) is 3.23. The molecule has 1 rings (SSSR count). The summed E-state index contributed by atoms with van der Waals surface area (Å²) in [5.74, 6) is 0.560. The molecule has 7 heteroatoms. The van der Waals surface area contributed by atoms with E-state index in [4.69, 9.17) is 11.6 Å². The fourth-order valence-electron chi connectivity index (χ4n) is 2.00. The van der Waals surface area contributed by atoms with Gasteiger partial charge >= 0.3 is 0 Å². The number of aromatic nitrogens is 2. The van der Waals surface area contributed by atoms with Gasteiger partial charge < -0.3 is 0 Å². The number of H-pyrrole nitrogens is 1. The quantitative estimate of drug-likeness (QED) is 0.821. The molecule has 19 heavy (non-hydrogen) atoms. The molecule has 1 aromatic rings. The number of nitrogens with one attached hydrogen (secondary N) is 1. The number of rotatable bonds is 6. The first-order chi connectivity index (χ1) is 8.71. The van der Waals surface area contributed by atoms with Gasteiger partial charge in [-0.1, -0.05) is 13.8 Å². The molecule has 1 N–H and O–H groups in total.